The van der Waals surface area contributed by atoms with Gasteiger partial charge in [0.15, 0.2) is 0 Å². The number of amides is 1. The molecule has 29 heavy (non-hydrogen) atoms. The second kappa shape index (κ2) is 7.34. The summed E-state index contributed by atoms with van der Waals surface area (Å²) in [6, 6.07) is 6.12. The van der Waals surface area contributed by atoms with Crippen molar-refractivity contribution >= 4 is 29.2 Å². The number of carbonyl (C=O) groups is 1. The van der Waals surface area contributed by atoms with Crippen LogP contribution in [0.25, 0.3) is 0 Å². The van der Waals surface area contributed by atoms with E-state index in [9.17, 15) is 19.7 Å². The minimum Gasteiger partial charge on any atom is -0.375 e. The first-order valence-electron chi connectivity index (χ1n) is 9.39. The van der Waals surface area contributed by atoms with Crippen LogP contribution in [0.3, 0.4) is 0 Å². The third-order valence-electron chi connectivity index (χ3n) is 5.31. The number of hydrogen-bond acceptors (Lipinski definition) is 6. The fraction of sp³-hybridized carbons (Fsp3) is 0.474. The van der Waals surface area contributed by atoms with E-state index in [0.717, 1.165) is 12.0 Å². The molecular formula is C19H22N4O5S. The summed E-state index contributed by atoms with van der Waals surface area (Å²) < 4.78 is 7.55. The van der Waals surface area contributed by atoms with Crippen molar-refractivity contribution in [3.63, 3.8) is 0 Å². The highest BCUT2D eigenvalue weighted by molar-refractivity contribution is 8.00. The molecule has 2 aromatic rings. The number of ether oxygens (including phenoxy) is 1. The Bertz CT molecular complexity index is 1010. The standard InChI is InChI=1S/C19H22N4O5S/c1-19(2)9-13(7-8-28-19)22-17-15(18(25)21-22)16(29-10-14(24)20-17)11-3-5-12(6-4-11)23(26)27/h3-6,13,16H,7-10H2,1-2H3,(H,20,24)(H,21,25)/t13-,16+/m0/s1. The van der Waals surface area contributed by atoms with Crippen LogP contribution in [-0.2, 0) is 9.53 Å². The molecule has 154 valence electrons. The summed E-state index contributed by atoms with van der Waals surface area (Å²) in [6.45, 7) is 4.59. The zero-order chi connectivity index (χ0) is 20.8. The van der Waals surface area contributed by atoms with Crippen LogP contribution in [-0.4, -0.2) is 38.6 Å². The minimum absolute atomic E-state index is 0.00360. The zero-order valence-corrected chi connectivity index (χ0v) is 17.0. The first-order valence-corrected chi connectivity index (χ1v) is 10.4. The fourth-order valence-corrected chi connectivity index (χ4v) is 5.10. The normalized spacial score (nSPS) is 23.7. The number of nitrogens with one attached hydrogen (secondary N) is 2. The Hall–Kier alpha value is -2.59. The SMILES string of the molecule is CC1(C)C[C@@H](n2[nH]c(=O)c3c2NC(=O)CS[C@@H]3c2ccc([N+](=O)[O-])cc2)CCO1. The van der Waals surface area contributed by atoms with Crippen LogP contribution < -0.4 is 10.9 Å². The predicted molar refractivity (Wildman–Crippen MR) is 109 cm³/mol. The Morgan fingerprint density at radius 2 is 2.00 bits per heavy atom. The molecule has 2 aliphatic rings. The number of thioether (sulfide) groups is 1. The first kappa shape index (κ1) is 19.7. The van der Waals surface area contributed by atoms with Gasteiger partial charge < -0.3 is 10.1 Å². The van der Waals surface area contributed by atoms with Crippen LogP contribution in [0, 0.1) is 10.1 Å². The van der Waals surface area contributed by atoms with Gasteiger partial charge in [0.1, 0.15) is 5.82 Å². The molecule has 9 nitrogen and oxygen atoms in total. The Morgan fingerprint density at radius 1 is 1.28 bits per heavy atom. The van der Waals surface area contributed by atoms with Gasteiger partial charge in [-0.05, 0) is 32.3 Å². The van der Waals surface area contributed by atoms with E-state index < -0.39 is 10.2 Å². The molecule has 2 aliphatic heterocycles. The molecule has 1 aromatic heterocycles. The van der Waals surface area contributed by atoms with Gasteiger partial charge in [0.2, 0.25) is 5.91 Å². The van der Waals surface area contributed by atoms with E-state index in [4.69, 9.17) is 4.74 Å². The number of aromatic amines is 1. The molecule has 10 heteroatoms. The van der Waals surface area contributed by atoms with Crippen molar-refractivity contribution in [3.8, 4) is 0 Å². The number of hydrogen-bond donors (Lipinski definition) is 2. The second-order valence-electron chi connectivity index (χ2n) is 7.92. The monoisotopic (exact) mass is 418 g/mol. The van der Waals surface area contributed by atoms with Gasteiger partial charge in [-0.15, -0.1) is 11.8 Å². The zero-order valence-electron chi connectivity index (χ0n) is 16.1. The van der Waals surface area contributed by atoms with E-state index in [-0.39, 0.29) is 34.5 Å². The molecule has 2 atom stereocenters. The summed E-state index contributed by atoms with van der Waals surface area (Å²) in [5, 5.41) is 16.3. The molecule has 1 saturated heterocycles. The lowest BCUT2D eigenvalue weighted by molar-refractivity contribution is -0.384. The van der Waals surface area contributed by atoms with Gasteiger partial charge in [-0.2, -0.15) is 0 Å². The number of non-ortho nitro benzene ring substituents is 1. The molecule has 3 heterocycles. The average Bonchev–Trinajstić information content (AvgIpc) is 2.87. The fourth-order valence-electron chi connectivity index (χ4n) is 3.97. The molecule has 0 saturated carbocycles. The Balaban J connectivity index is 1.77. The number of nitrogens with zero attached hydrogens (tertiary/aromatic N) is 2. The number of benzene rings is 1. The Morgan fingerprint density at radius 3 is 2.66 bits per heavy atom. The third kappa shape index (κ3) is 3.82. The van der Waals surface area contributed by atoms with Crippen molar-refractivity contribution in [1.82, 2.24) is 9.78 Å². The number of anilines is 1. The maximum Gasteiger partial charge on any atom is 0.270 e. The number of H-pyrrole nitrogens is 1. The molecule has 2 N–H and O–H groups in total. The third-order valence-corrected chi connectivity index (χ3v) is 6.58. The van der Waals surface area contributed by atoms with Crippen molar-refractivity contribution in [2.45, 2.75) is 43.6 Å². The van der Waals surface area contributed by atoms with E-state index >= 15 is 0 Å². The van der Waals surface area contributed by atoms with Crippen LogP contribution in [0.5, 0.6) is 0 Å². The lowest BCUT2D eigenvalue weighted by Gasteiger charge is -2.36. The largest absolute Gasteiger partial charge is 0.375 e. The molecule has 0 bridgehead atoms. The van der Waals surface area contributed by atoms with Crippen LogP contribution in [0.15, 0.2) is 29.1 Å². The van der Waals surface area contributed by atoms with Crippen molar-refractivity contribution < 1.29 is 14.5 Å². The summed E-state index contributed by atoms with van der Waals surface area (Å²) in [6.07, 6.45) is 1.43. The van der Waals surface area contributed by atoms with E-state index in [1.54, 1.807) is 16.8 Å². The van der Waals surface area contributed by atoms with E-state index in [1.807, 2.05) is 13.8 Å². The minimum atomic E-state index is -0.462. The topological polar surface area (TPSA) is 119 Å². The van der Waals surface area contributed by atoms with Gasteiger partial charge in [0.05, 0.1) is 33.1 Å². The highest BCUT2D eigenvalue weighted by atomic mass is 32.2. The lowest BCUT2D eigenvalue weighted by Crippen LogP contribution is -2.36. The van der Waals surface area contributed by atoms with Gasteiger partial charge in [-0.25, -0.2) is 0 Å². The molecule has 0 aliphatic carbocycles. The smallest absolute Gasteiger partial charge is 0.270 e. The first-order chi connectivity index (χ1) is 13.7. The van der Waals surface area contributed by atoms with Crippen LogP contribution in [0.2, 0.25) is 0 Å². The molecule has 0 spiro atoms. The number of fused-ring (bicyclic) bond motifs is 1. The Labute approximate surface area is 170 Å². The van der Waals surface area contributed by atoms with Crippen LogP contribution in [0.1, 0.15) is 49.1 Å². The summed E-state index contributed by atoms with van der Waals surface area (Å²) >= 11 is 1.34. The van der Waals surface area contributed by atoms with Crippen molar-refractivity contribution in [2.24, 2.45) is 0 Å². The number of nitro benzene ring substituents is 1. The number of nitro groups is 1. The van der Waals surface area contributed by atoms with Gasteiger partial charge in [-0.3, -0.25) is 29.5 Å². The number of aromatic nitrogens is 2. The summed E-state index contributed by atoms with van der Waals surface area (Å²) in [7, 11) is 0. The summed E-state index contributed by atoms with van der Waals surface area (Å²) in [5.41, 5.74) is 0.617. The maximum absolute atomic E-state index is 12.9. The molecule has 1 amide bonds. The summed E-state index contributed by atoms with van der Waals surface area (Å²) in [5.74, 6) is 0.491. The molecular weight excluding hydrogens is 396 g/mol. The van der Waals surface area contributed by atoms with Crippen molar-refractivity contribution in [3.05, 3.63) is 55.9 Å². The second-order valence-corrected chi connectivity index (χ2v) is 9.01. The van der Waals surface area contributed by atoms with E-state index in [2.05, 4.69) is 10.4 Å². The lowest BCUT2D eigenvalue weighted by atomic mass is 9.94. The van der Waals surface area contributed by atoms with Gasteiger partial charge in [0.25, 0.3) is 11.2 Å². The maximum atomic E-state index is 12.9. The molecule has 4 rings (SSSR count). The average molecular weight is 418 g/mol. The molecule has 0 unspecified atom stereocenters. The highest BCUT2D eigenvalue weighted by Gasteiger charge is 2.36. The van der Waals surface area contributed by atoms with Gasteiger partial charge >= 0.3 is 0 Å². The van der Waals surface area contributed by atoms with E-state index in [0.29, 0.717) is 24.4 Å². The number of rotatable bonds is 3. The quantitative estimate of drug-likeness (QED) is 0.584. The molecule has 1 fully saturated rings. The number of carbonyl (C=O) groups excluding carboxylic acids is 1. The van der Waals surface area contributed by atoms with Gasteiger partial charge in [-0.1, -0.05) is 12.1 Å². The van der Waals surface area contributed by atoms with Crippen LogP contribution >= 0.6 is 11.8 Å². The van der Waals surface area contributed by atoms with E-state index in [1.165, 1.54) is 23.9 Å². The highest BCUT2D eigenvalue weighted by Crippen LogP contribution is 2.42. The Kier molecular flexibility index (Phi) is 4.99. The predicted octanol–water partition coefficient (Wildman–Crippen LogP) is 2.99. The van der Waals surface area contributed by atoms with Crippen LogP contribution in [0.4, 0.5) is 11.5 Å². The molecule has 0 radical (unpaired) electrons. The van der Waals surface area contributed by atoms with Crippen molar-refractivity contribution in [1.29, 1.82) is 0 Å². The van der Waals surface area contributed by atoms with Gasteiger partial charge in [0, 0.05) is 18.7 Å². The summed E-state index contributed by atoms with van der Waals surface area (Å²) in [4.78, 5) is 35.8. The molecule has 1 aromatic carbocycles. The van der Waals surface area contributed by atoms with Crippen molar-refractivity contribution in [2.75, 3.05) is 17.7 Å².